The number of rotatable bonds is 2. The molecule has 0 spiro atoms. The molecule has 1 saturated heterocycles. The van der Waals surface area contributed by atoms with Crippen molar-refractivity contribution in [2.24, 2.45) is 0 Å². The standard InChI is InChI=1S/C12H18N2O2/c1-10-3-4-12(16-10)9-13-5-7-14(8-6-13)11(2)15/h3-4H,5-9H2,1-2H3. The molecule has 16 heavy (non-hydrogen) atoms. The smallest absolute Gasteiger partial charge is 0.219 e. The first-order valence-corrected chi connectivity index (χ1v) is 5.68. The van der Waals surface area contributed by atoms with Crippen LogP contribution in [-0.4, -0.2) is 41.9 Å². The molecule has 0 aliphatic carbocycles. The first-order valence-electron chi connectivity index (χ1n) is 5.68. The number of aryl methyl sites for hydroxylation is 1. The molecule has 2 heterocycles. The number of nitrogens with zero attached hydrogens (tertiary/aromatic N) is 2. The quantitative estimate of drug-likeness (QED) is 0.755. The van der Waals surface area contributed by atoms with E-state index in [9.17, 15) is 4.79 Å². The first kappa shape index (κ1) is 11.2. The summed E-state index contributed by atoms with van der Waals surface area (Å²) in [6.07, 6.45) is 0. The Labute approximate surface area is 95.8 Å². The van der Waals surface area contributed by atoms with Crippen LogP contribution in [0.4, 0.5) is 0 Å². The summed E-state index contributed by atoms with van der Waals surface area (Å²) in [5.41, 5.74) is 0. The molecule has 88 valence electrons. The number of piperazine rings is 1. The average Bonchev–Trinajstić information content (AvgIpc) is 2.65. The van der Waals surface area contributed by atoms with Crippen molar-refractivity contribution in [1.29, 1.82) is 0 Å². The number of carbonyl (C=O) groups excluding carboxylic acids is 1. The maximum Gasteiger partial charge on any atom is 0.219 e. The Morgan fingerprint density at radius 3 is 2.50 bits per heavy atom. The SMILES string of the molecule is CC(=O)N1CCN(Cc2ccc(C)o2)CC1. The third-order valence-electron chi connectivity index (χ3n) is 2.99. The molecule has 0 saturated carbocycles. The lowest BCUT2D eigenvalue weighted by atomic mass is 10.3. The van der Waals surface area contributed by atoms with Gasteiger partial charge in [0, 0.05) is 33.1 Å². The lowest BCUT2D eigenvalue weighted by Crippen LogP contribution is -2.47. The van der Waals surface area contributed by atoms with Gasteiger partial charge in [0.25, 0.3) is 0 Å². The Balaban J connectivity index is 1.83. The van der Waals surface area contributed by atoms with Crippen molar-refractivity contribution in [3.05, 3.63) is 23.7 Å². The summed E-state index contributed by atoms with van der Waals surface area (Å²) < 4.78 is 5.54. The van der Waals surface area contributed by atoms with E-state index >= 15 is 0 Å². The van der Waals surface area contributed by atoms with Crippen LogP contribution in [0.25, 0.3) is 0 Å². The second kappa shape index (κ2) is 4.70. The van der Waals surface area contributed by atoms with Gasteiger partial charge in [-0.2, -0.15) is 0 Å². The van der Waals surface area contributed by atoms with Crippen LogP contribution in [0.5, 0.6) is 0 Å². The summed E-state index contributed by atoms with van der Waals surface area (Å²) in [7, 11) is 0. The molecular weight excluding hydrogens is 204 g/mol. The van der Waals surface area contributed by atoms with Gasteiger partial charge in [0.05, 0.1) is 6.54 Å². The van der Waals surface area contributed by atoms with Crippen LogP contribution in [0.15, 0.2) is 16.5 Å². The summed E-state index contributed by atoms with van der Waals surface area (Å²) in [5, 5.41) is 0. The van der Waals surface area contributed by atoms with E-state index in [0.717, 1.165) is 44.2 Å². The first-order chi connectivity index (χ1) is 7.65. The summed E-state index contributed by atoms with van der Waals surface area (Å²) in [4.78, 5) is 15.4. The Bertz CT molecular complexity index is 365. The third kappa shape index (κ3) is 2.64. The molecule has 4 heteroatoms. The van der Waals surface area contributed by atoms with Gasteiger partial charge in [-0.15, -0.1) is 0 Å². The normalized spacial score (nSPS) is 17.8. The van der Waals surface area contributed by atoms with Gasteiger partial charge < -0.3 is 9.32 Å². The Morgan fingerprint density at radius 1 is 1.31 bits per heavy atom. The van der Waals surface area contributed by atoms with E-state index < -0.39 is 0 Å². The molecular formula is C12H18N2O2. The fourth-order valence-electron chi connectivity index (χ4n) is 2.01. The van der Waals surface area contributed by atoms with Gasteiger partial charge in [-0.05, 0) is 19.1 Å². The molecule has 1 aliphatic heterocycles. The molecule has 4 nitrogen and oxygen atoms in total. The molecule has 1 aromatic heterocycles. The Hall–Kier alpha value is -1.29. The van der Waals surface area contributed by atoms with Crippen molar-refractivity contribution < 1.29 is 9.21 Å². The van der Waals surface area contributed by atoms with Gasteiger partial charge in [0.15, 0.2) is 0 Å². The number of amides is 1. The molecule has 1 fully saturated rings. The van der Waals surface area contributed by atoms with Gasteiger partial charge in [-0.1, -0.05) is 0 Å². The van der Waals surface area contributed by atoms with Crippen molar-refractivity contribution in [2.75, 3.05) is 26.2 Å². The molecule has 0 radical (unpaired) electrons. The largest absolute Gasteiger partial charge is 0.465 e. The second-order valence-corrected chi connectivity index (χ2v) is 4.29. The van der Waals surface area contributed by atoms with Crippen LogP contribution < -0.4 is 0 Å². The van der Waals surface area contributed by atoms with Crippen molar-refractivity contribution in [1.82, 2.24) is 9.80 Å². The van der Waals surface area contributed by atoms with E-state index in [1.54, 1.807) is 6.92 Å². The van der Waals surface area contributed by atoms with Gasteiger partial charge in [-0.25, -0.2) is 0 Å². The molecule has 0 aromatic carbocycles. The van der Waals surface area contributed by atoms with Gasteiger partial charge in [0.2, 0.25) is 5.91 Å². The van der Waals surface area contributed by atoms with Crippen LogP contribution in [0.3, 0.4) is 0 Å². The molecule has 0 unspecified atom stereocenters. The van der Waals surface area contributed by atoms with E-state index in [2.05, 4.69) is 4.90 Å². The lowest BCUT2D eigenvalue weighted by molar-refractivity contribution is -0.130. The predicted molar refractivity (Wildman–Crippen MR) is 61.0 cm³/mol. The Kier molecular flexibility index (Phi) is 3.29. The fourth-order valence-corrected chi connectivity index (χ4v) is 2.01. The van der Waals surface area contributed by atoms with E-state index in [0.29, 0.717) is 0 Å². The average molecular weight is 222 g/mol. The van der Waals surface area contributed by atoms with Gasteiger partial charge in [-0.3, -0.25) is 9.69 Å². The van der Waals surface area contributed by atoms with Gasteiger partial charge in [0.1, 0.15) is 11.5 Å². The molecule has 0 atom stereocenters. The molecule has 1 amide bonds. The minimum atomic E-state index is 0.175. The minimum absolute atomic E-state index is 0.175. The summed E-state index contributed by atoms with van der Waals surface area (Å²) in [6.45, 7) is 7.95. The fraction of sp³-hybridized carbons (Fsp3) is 0.583. The molecule has 1 aliphatic rings. The van der Waals surface area contributed by atoms with Crippen LogP contribution >= 0.6 is 0 Å². The molecule has 0 N–H and O–H groups in total. The summed E-state index contributed by atoms with van der Waals surface area (Å²) in [6, 6.07) is 4.01. The zero-order valence-corrected chi connectivity index (χ0v) is 9.90. The van der Waals surface area contributed by atoms with Crippen LogP contribution in [0.1, 0.15) is 18.4 Å². The predicted octanol–water partition coefficient (Wildman–Crippen LogP) is 1.25. The topological polar surface area (TPSA) is 36.7 Å². The van der Waals surface area contributed by atoms with Crippen LogP contribution in [-0.2, 0) is 11.3 Å². The molecule has 0 bridgehead atoms. The maximum absolute atomic E-state index is 11.2. The number of hydrogen-bond acceptors (Lipinski definition) is 3. The third-order valence-corrected chi connectivity index (χ3v) is 2.99. The van der Waals surface area contributed by atoms with E-state index in [-0.39, 0.29) is 5.91 Å². The lowest BCUT2D eigenvalue weighted by Gasteiger charge is -2.33. The monoisotopic (exact) mass is 222 g/mol. The van der Waals surface area contributed by atoms with E-state index in [1.165, 1.54) is 0 Å². The second-order valence-electron chi connectivity index (χ2n) is 4.29. The zero-order chi connectivity index (χ0) is 11.5. The molecule has 2 rings (SSSR count). The summed E-state index contributed by atoms with van der Waals surface area (Å²) >= 11 is 0. The highest BCUT2D eigenvalue weighted by molar-refractivity contribution is 5.73. The number of hydrogen-bond donors (Lipinski definition) is 0. The Morgan fingerprint density at radius 2 is 2.00 bits per heavy atom. The highest BCUT2D eigenvalue weighted by Gasteiger charge is 2.19. The maximum atomic E-state index is 11.2. The van der Waals surface area contributed by atoms with Gasteiger partial charge >= 0.3 is 0 Å². The van der Waals surface area contributed by atoms with Crippen molar-refractivity contribution >= 4 is 5.91 Å². The number of furan rings is 1. The summed E-state index contributed by atoms with van der Waals surface area (Å²) in [5.74, 6) is 2.14. The van der Waals surface area contributed by atoms with Crippen LogP contribution in [0.2, 0.25) is 0 Å². The molecule has 1 aromatic rings. The van der Waals surface area contributed by atoms with Crippen molar-refractivity contribution in [3.63, 3.8) is 0 Å². The number of carbonyl (C=O) groups is 1. The highest BCUT2D eigenvalue weighted by Crippen LogP contribution is 2.11. The van der Waals surface area contributed by atoms with Crippen molar-refractivity contribution in [2.45, 2.75) is 20.4 Å². The van der Waals surface area contributed by atoms with E-state index in [1.807, 2.05) is 24.0 Å². The van der Waals surface area contributed by atoms with E-state index in [4.69, 9.17) is 4.42 Å². The zero-order valence-electron chi connectivity index (χ0n) is 9.90. The van der Waals surface area contributed by atoms with Crippen molar-refractivity contribution in [3.8, 4) is 0 Å². The highest BCUT2D eigenvalue weighted by atomic mass is 16.3. The van der Waals surface area contributed by atoms with Crippen LogP contribution in [0, 0.1) is 6.92 Å². The minimum Gasteiger partial charge on any atom is -0.465 e.